The van der Waals surface area contributed by atoms with Gasteiger partial charge in [0.2, 0.25) is 0 Å². The fraction of sp³-hybridized carbons (Fsp3) is 0.188. The summed E-state index contributed by atoms with van der Waals surface area (Å²) in [6.07, 6.45) is 0.108. The zero-order valence-corrected chi connectivity index (χ0v) is 11.3. The van der Waals surface area contributed by atoms with Gasteiger partial charge in [0.25, 0.3) is 0 Å². The average molecular weight is 273 g/mol. The molecule has 2 aromatic rings. The third-order valence-electron chi connectivity index (χ3n) is 3.35. The van der Waals surface area contributed by atoms with Crippen molar-refractivity contribution >= 4 is 17.4 Å². The van der Waals surface area contributed by atoms with Crippen LogP contribution in [0, 0.1) is 6.92 Å². The number of ether oxygens (including phenoxy) is 1. The molecule has 3 rings (SSSR count). The van der Waals surface area contributed by atoms with Gasteiger partial charge in [0.05, 0.1) is 17.0 Å². The maximum atomic E-state index is 12.1. The molecule has 0 spiro atoms. The van der Waals surface area contributed by atoms with E-state index in [0.717, 1.165) is 5.56 Å². The molecule has 1 aliphatic rings. The van der Waals surface area contributed by atoms with Crippen LogP contribution in [0.15, 0.2) is 42.5 Å². The summed E-state index contributed by atoms with van der Waals surface area (Å²) in [4.78, 5) is 12.1. The first-order valence-electron chi connectivity index (χ1n) is 6.20. The lowest BCUT2D eigenvalue weighted by Crippen LogP contribution is -2.20. The Kier molecular flexibility index (Phi) is 3.03. The third kappa shape index (κ3) is 2.24. The van der Waals surface area contributed by atoms with E-state index in [4.69, 9.17) is 16.3 Å². The number of hydrogen-bond donors (Lipinski definition) is 0. The van der Waals surface area contributed by atoms with Gasteiger partial charge in [-0.05, 0) is 24.6 Å². The summed E-state index contributed by atoms with van der Waals surface area (Å²) in [6.45, 7) is 2.03. The van der Waals surface area contributed by atoms with Crippen LogP contribution in [-0.2, 0) is 0 Å². The zero-order valence-electron chi connectivity index (χ0n) is 10.5. The average Bonchev–Trinajstić information content (AvgIpc) is 2.41. The number of Topliss-reactive ketones (excluding diaryl/α,β-unsaturated/α-hetero) is 1. The highest BCUT2D eigenvalue weighted by Gasteiger charge is 2.28. The van der Waals surface area contributed by atoms with E-state index in [-0.39, 0.29) is 11.9 Å². The van der Waals surface area contributed by atoms with Gasteiger partial charge in [-0.15, -0.1) is 0 Å². The zero-order chi connectivity index (χ0) is 13.4. The second kappa shape index (κ2) is 4.71. The normalized spacial score (nSPS) is 17.8. The number of ketones is 1. The van der Waals surface area contributed by atoms with Gasteiger partial charge in [0.1, 0.15) is 11.9 Å². The van der Waals surface area contributed by atoms with Crippen molar-refractivity contribution in [3.63, 3.8) is 0 Å². The number of fused-ring (bicyclic) bond motifs is 1. The predicted molar refractivity (Wildman–Crippen MR) is 74.9 cm³/mol. The number of hydrogen-bond acceptors (Lipinski definition) is 2. The van der Waals surface area contributed by atoms with Crippen LogP contribution in [-0.4, -0.2) is 5.78 Å². The first-order valence-corrected chi connectivity index (χ1v) is 6.58. The van der Waals surface area contributed by atoms with Gasteiger partial charge in [-0.25, -0.2) is 0 Å². The minimum absolute atomic E-state index is 0.0781. The maximum Gasteiger partial charge on any atom is 0.170 e. The Hall–Kier alpha value is -1.80. The van der Waals surface area contributed by atoms with Crippen LogP contribution in [0.5, 0.6) is 5.75 Å². The molecule has 0 unspecified atom stereocenters. The van der Waals surface area contributed by atoms with Gasteiger partial charge in [0, 0.05) is 0 Å². The Labute approximate surface area is 117 Å². The molecule has 19 heavy (non-hydrogen) atoms. The number of rotatable bonds is 1. The van der Waals surface area contributed by atoms with Gasteiger partial charge in [-0.3, -0.25) is 4.79 Å². The SMILES string of the molecule is Cc1ccc([C@H]2CC(=O)c3cccc(Cl)c3O2)cc1. The predicted octanol–water partition coefficient (Wildman–Crippen LogP) is 4.35. The minimum Gasteiger partial charge on any atom is -0.483 e. The first-order chi connectivity index (χ1) is 9.15. The Bertz CT molecular complexity index is 632. The van der Waals surface area contributed by atoms with Crippen LogP contribution in [0.3, 0.4) is 0 Å². The summed E-state index contributed by atoms with van der Waals surface area (Å²) >= 11 is 6.11. The highest BCUT2D eigenvalue weighted by Crippen LogP contribution is 2.39. The van der Waals surface area contributed by atoms with Crippen LogP contribution >= 0.6 is 11.6 Å². The monoisotopic (exact) mass is 272 g/mol. The topological polar surface area (TPSA) is 26.3 Å². The molecule has 0 fully saturated rings. The minimum atomic E-state index is -0.250. The molecule has 0 aromatic heterocycles. The molecule has 0 aliphatic carbocycles. The molecule has 1 atom stereocenters. The summed E-state index contributed by atoms with van der Waals surface area (Å²) in [7, 11) is 0. The Balaban J connectivity index is 1.99. The Morgan fingerprint density at radius 2 is 1.89 bits per heavy atom. The number of para-hydroxylation sites is 1. The van der Waals surface area contributed by atoms with Crippen molar-refractivity contribution in [1.29, 1.82) is 0 Å². The number of aryl methyl sites for hydroxylation is 1. The van der Waals surface area contributed by atoms with Crippen molar-refractivity contribution in [2.75, 3.05) is 0 Å². The highest BCUT2D eigenvalue weighted by atomic mass is 35.5. The molecule has 0 radical (unpaired) electrons. The molecule has 0 N–H and O–H groups in total. The Morgan fingerprint density at radius 1 is 1.16 bits per heavy atom. The molecule has 0 saturated heterocycles. The van der Waals surface area contributed by atoms with Crippen molar-refractivity contribution in [3.8, 4) is 5.75 Å². The van der Waals surface area contributed by atoms with Crippen molar-refractivity contribution < 1.29 is 9.53 Å². The van der Waals surface area contributed by atoms with Crippen molar-refractivity contribution in [2.24, 2.45) is 0 Å². The molecule has 1 aliphatic heterocycles. The first kappa shape index (κ1) is 12.2. The molecule has 0 amide bonds. The van der Waals surface area contributed by atoms with Crippen molar-refractivity contribution in [3.05, 3.63) is 64.2 Å². The van der Waals surface area contributed by atoms with E-state index in [0.29, 0.717) is 22.8 Å². The van der Waals surface area contributed by atoms with E-state index in [1.54, 1.807) is 18.2 Å². The molecule has 2 aromatic carbocycles. The lowest BCUT2D eigenvalue weighted by atomic mass is 9.96. The molecule has 2 nitrogen and oxygen atoms in total. The van der Waals surface area contributed by atoms with E-state index in [9.17, 15) is 4.79 Å². The molecular weight excluding hydrogens is 260 g/mol. The second-order valence-electron chi connectivity index (χ2n) is 4.76. The van der Waals surface area contributed by atoms with Crippen LogP contribution in [0.25, 0.3) is 0 Å². The smallest absolute Gasteiger partial charge is 0.170 e. The maximum absolute atomic E-state index is 12.1. The Morgan fingerprint density at radius 3 is 2.63 bits per heavy atom. The standard InChI is InChI=1S/C16H13ClO2/c1-10-5-7-11(8-6-10)15-9-14(18)12-3-2-4-13(17)16(12)19-15/h2-8,15H,9H2,1H3/t15-/m1/s1. The lowest BCUT2D eigenvalue weighted by Gasteiger charge is -2.26. The van der Waals surface area contributed by atoms with Crippen molar-refractivity contribution in [2.45, 2.75) is 19.4 Å². The summed E-state index contributed by atoms with van der Waals surface area (Å²) in [5.74, 6) is 0.584. The van der Waals surface area contributed by atoms with Crippen molar-refractivity contribution in [1.82, 2.24) is 0 Å². The van der Waals surface area contributed by atoms with Gasteiger partial charge in [-0.1, -0.05) is 47.5 Å². The number of carbonyl (C=O) groups excluding carboxylic acids is 1. The van der Waals surface area contributed by atoms with E-state index < -0.39 is 0 Å². The number of benzene rings is 2. The van der Waals surface area contributed by atoms with Gasteiger partial charge in [0.15, 0.2) is 5.78 Å². The molecular formula is C16H13ClO2. The molecule has 96 valence electrons. The van der Waals surface area contributed by atoms with E-state index in [1.807, 2.05) is 31.2 Å². The lowest BCUT2D eigenvalue weighted by molar-refractivity contribution is 0.0850. The van der Waals surface area contributed by atoms with Gasteiger partial charge >= 0.3 is 0 Å². The van der Waals surface area contributed by atoms with Crippen LogP contribution in [0.1, 0.15) is 34.0 Å². The van der Waals surface area contributed by atoms with Gasteiger partial charge < -0.3 is 4.74 Å². The van der Waals surface area contributed by atoms with Crippen LogP contribution < -0.4 is 4.74 Å². The summed E-state index contributed by atoms with van der Waals surface area (Å²) < 4.78 is 5.91. The molecule has 1 heterocycles. The van der Waals surface area contributed by atoms with E-state index in [2.05, 4.69) is 0 Å². The number of carbonyl (C=O) groups is 1. The second-order valence-corrected chi connectivity index (χ2v) is 5.17. The van der Waals surface area contributed by atoms with Crippen LogP contribution in [0.4, 0.5) is 0 Å². The summed E-state index contributed by atoms with van der Waals surface area (Å²) in [5, 5.41) is 0.489. The molecule has 0 saturated carbocycles. The molecule has 0 bridgehead atoms. The third-order valence-corrected chi connectivity index (χ3v) is 3.65. The quantitative estimate of drug-likeness (QED) is 0.771. The summed E-state index contributed by atoms with van der Waals surface area (Å²) in [5.41, 5.74) is 2.77. The highest BCUT2D eigenvalue weighted by molar-refractivity contribution is 6.32. The largest absolute Gasteiger partial charge is 0.483 e. The van der Waals surface area contributed by atoms with E-state index >= 15 is 0 Å². The van der Waals surface area contributed by atoms with Gasteiger partial charge in [-0.2, -0.15) is 0 Å². The fourth-order valence-electron chi connectivity index (χ4n) is 2.28. The fourth-order valence-corrected chi connectivity index (χ4v) is 2.50. The molecule has 3 heteroatoms. The van der Waals surface area contributed by atoms with E-state index in [1.165, 1.54) is 5.56 Å². The number of halogens is 1. The van der Waals surface area contributed by atoms with Crippen LogP contribution in [0.2, 0.25) is 5.02 Å². The summed E-state index contributed by atoms with van der Waals surface area (Å²) in [6, 6.07) is 13.3.